The van der Waals surface area contributed by atoms with Crippen molar-refractivity contribution in [2.75, 3.05) is 0 Å². The van der Waals surface area contributed by atoms with E-state index in [2.05, 4.69) is 30.2 Å². The van der Waals surface area contributed by atoms with Crippen molar-refractivity contribution in [3.8, 4) is 33.9 Å². The minimum atomic E-state index is 0.626. The lowest BCUT2D eigenvalue weighted by Gasteiger charge is -1.98. The highest BCUT2D eigenvalue weighted by Gasteiger charge is 2.17. The summed E-state index contributed by atoms with van der Waals surface area (Å²) < 4.78 is 6.97. The molecule has 6 aromatic rings. The molecule has 140 valence electrons. The molecular formula is C20H14N8O. The van der Waals surface area contributed by atoms with Gasteiger partial charge >= 0.3 is 0 Å². The molecule has 0 aliphatic rings. The monoisotopic (exact) mass is 382 g/mol. The maximum atomic E-state index is 5.20. The number of hydrogen-bond donors (Lipinski definition) is 2. The fraction of sp³-hybridized carbons (Fsp3) is 0.0500. The molecule has 6 rings (SSSR count). The Kier molecular flexibility index (Phi) is 3.19. The summed E-state index contributed by atoms with van der Waals surface area (Å²) in [5, 5.41) is 12.5. The second kappa shape index (κ2) is 5.86. The predicted molar refractivity (Wildman–Crippen MR) is 107 cm³/mol. The average Bonchev–Trinajstić information content (AvgIpc) is 3.51. The number of furan rings is 1. The van der Waals surface area contributed by atoms with Crippen LogP contribution in [0.3, 0.4) is 0 Å². The minimum absolute atomic E-state index is 0.626. The van der Waals surface area contributed by atoms with Crippen LogP contribution < -0.4 is 0 Å². The van der Waals surface area contributed by atoms with E-state index in [-0.39, 0.29) is 0 Å². The van der Waals surface area contributed by atoms with Crippen LogP contribution in [0.1, 0.15) is 0 Å². The fourth-order valence-electron chi connectivity index (χ4n) is 3.47. The van der Waals surface area contributed by atoms with Crippen molar-refractivity contribution >= 4 is 22.1 Å². The molecule has 0 bridgehead atoms. The minimum Gasteiger partial charge on any atom is -0.472 e. The number of nitrogens with zero attached hydrogens (tertiary/aromatic N) is 6. The Hall–Kier alpha value is -4.27. The number of H-pyrrole nitrogens is 2. The number of aromatic nitrogens is 8. The molecular weight excluding hydrogens is 368 g/mol. The summed E-state index contributed by atoms with van der Waals surface area (Å²) in [6.45, 7) is 0. The largest absolute Gasteiger partial charge is 0.472 e. The predicted octanol–water partition coefficient (Wildman–Crippen LogP) is 3.56. The van der Waals surface area contributed by atoms with Gasteiger partial charge in [0, 0.05) is 42.3 Å². The number of imidazole rings is 1. The van der Waals surface area contributed by atoms with Gasteiger partial charge in [-0.15, -0.1) is 0 Å². The van der Waals surface area contributed by atoms with E-state index in [0.717, 1.165) is 44.5 Å². The molecule has 2 N–H and O–H groups in total. The average molecular weight is 382 g/mol. The summed E-state index contributed by atoms with van der Waals surface area (Å²) in [7, 11) is 1.89. The van der Waals surface area contributed by atoms with Gasteiger partial charge in [0.25, 0.3) is 0 Å². The molecule has 9 heteroatoms. The topological polar surface area (TPSA) is 114 Å². The Bertz CT molecular complexity index is 1470. The number of fused-ring (bicyclic) bond motifs is 2. The van der Waals surface area contributed by atoms with E-state index >= 15 is 0 Å². The van der Waals surface area contributed by atoms with Gasteiger partial charge in [0.05, 0.1) is 29.6 Å². The SMILES string of the molecule is Cn1cc(-c2cnc3n[nH]c(-c4nc5c(-c6ccoc6)nccc5[nH]4)c3c2)cn1. The number of rotatable bonds is 3. The van der Waals surface area contributed by atoms with Gasteiger partial charge in [0.1, 0.15) is 16.9 Å². The smallest absolute Gasteiger partial charge is 0.181 e. The Morgan fingerprint density at radius 3 is 2.86 bits per heavy atom. The lowest BCUT2D eigenvalue weighted by molar-refractivity contribution is 0.568. The number of aromatic amines is 2. The van der Waals surface area contributed by atoms with Crippen molar-refractivity contribution in [2.24, 2.45) is 7.05 Å². The molecule has 0 saturated heterocycles. The maximum absolute atomic E-state index is 5.20. The molecule has 0 saturated carbocycles. The molecule has 0 unspecified atom stereocenters. The summed E-state index contributed by atoms with van der Waals surface area (Å²) in [6.07, 6.45) is 10.6. The fourth-order valence-corrected chi connectivity index (χ4v) is 3.47. The van der Waals surface area contributed by atoms with Gasteiger partial charge in [-0.25, -0.2) is 9.97 Å². The van der Waals surface area contributed by atoms with Crippen molar-refractivity contribution in [1.82, 2.24) is 39.9 Å². The van der Waals surface area contributed by atoms with Crippen molar-refractivity contribution in [2.45, 2.75) is 0 Å². The van der Waals surface area contributed by atoms with Crippen LogP contribution in [-0.2, 0) is 7.05 Å². The highest BCUT2D eigenvalue weighted by Crippen LogP contribution is 2.31. The van der Waals surface area contributed by atoms with Gasteiger partial charge in [-0.2, -0.15) is 10.2 Å². The summed E-state index contributed by atoms with van der Waals surface area (Å²) in [6, 6.07) is 5.81. The number of nitrogens with one attached hydrogen (secondary N) is 2. The van der Waals surface area contributed by atoms with Crippen LogP contribution in [0.4, 0.5) is 0 Å². The van der Waals surface area contributed by atoms with Gasteiger partial charge in [-0.05, 0) is 18.2 Å². The normalized spacial score (nSPS) is 11.6. The van der Waals surface area contributed by atoms with E-state index in [4.69, 9.17) is 9.40 Å². The van der Waals surface area contributed by atoms with Crippen molar-refractivity contribution < 1.29 is 4.42 Å². The molecule has 0 radical (unpaired) electrons. The molecule has 0 aliphatic heterocycles. The standard InChI is InChI=1S/C20H14N8O/c1-28-9-13(8-23-28)12-6-14-17(26-27-19(14)22-7-12)20-24-15-2-4-21-16(18(15)25-20)11-3-5-29-10-11/h2-10H,1H3,(H,24,25)(H,22,26,27). The zero-order valence-corrected chi connectivity index (χ0v) is 15.3. The number of pyridine rings is 2. The third-order valence-corrected chi connectivity index (χ3v) is 4.88. The summed E-state index contributed by atoms with van der Waals surface area (Å²) in [4.78, 5) is 17.1. The van der Waals surface area contributed by atoms with Crippen LogP contribution in [0.2, 0.25) is 0 Å². The molecule has 29 heavy (non-hydrogen) atoms. The Morgan fingerprint density at radius 2 is 2.03 bits per heavy atom. The van der Waals surface area contributed by atoms with Crippen LogP contribution in [0.5, 0.6) is 0 Å². The van der Waals surface area contributed by atoms with E-state index in [9.17, 15) is 0 Å². The van der Waals surface area contributed by atoms with Gasteiger partial charge in [-0.3, -0.25) is 14.8 Å². The van der Waals surface area contributed by atoms with Crippen molar-refractivity contribution in [1.29, 1.82) is 0 Å². The first-order valence-electron chi connectivity index (χ1n) is 8.97. The Labute approximate surface area is 163 Å². The number of aryl methyl sites for hydroxylation is 1. The quantitative estimate of drug-likeness (QED) is 0.484. The molecule has 0 atom stereocenters. The summed E-state index contributed by atoms with van der Waals surface area (Å²) >= 11 is 0. The zero-order chi connectivity index (χ0) is 19.4. The highest BCUT2D eigenvalue weighted by atomic mass is 16.3. The van der Waals surface area contributed by atoms with Crippen molar-refractivity contribution in [3.05, 3.63) is 55.5 Å². The van der Waals surface area contributed by atoms with Gasteiger partial charge in [0.15, 0.2) is 11.5 Å². The van der Waals surface area contributed by atoms with Crippen LogP contribution in [0, 0.1) is 0 Å². The van der Waals surface area contributed by atoms with E-state index in [1.165, 1.54) is 0 Å². The Balaban J connectivity index is 1.53. The summed E-state index contributed by atoms with van der Waals surface area (Å²) in [5.74, 6) is 0.672. The second-order valence-corrected chi connectivity index (χ2v) is 6.75. The van der Waals surface area contributed by atoms with E-state index < -0.39 is 0 Å². The third kappa shape index (κ3) is 2.44. The molecule has 0 fully saturated rings. The van der Waals surface area contributed by atoms with E-state index in [1.54, 1.807) is 29.6 Å². The highest BCUT2D eigenvalue weighted by molar-refractivity contribution is 5.96. The lowest BCUT2D eigenvalue weighted by Crippen LogP contribution is -1.85. The molecule has 0 spiro atoms. The zero-order valence-electron chi connectivity index (χ0n) is 15.3. The molecule has 6 heterocycles. The van der Waals surface area contributed by atoms with Crippen LogP contribution >= 0.6 is 0 Å². The summed E-state index contributed by atoms with van der Waals surface area (Å²) in [5.41, 5.74) is 6.64. The van der Waals surface area contributed by atoms with E-state index in [0.29, 0.717) is 11.5 Å². The molecule has 0 aromatic carbocycles. The third-order valence-electron chi connectivity index (χ3n) is 4.88. The maximum Gasteiger partial charge on any atom is 0.181 e. The van der Waals surface area contributed by atoms with Crippen LogP contribution in [0.15, 0.2) is 59.9 Å². The van der Waals surface area contributed by atoms with Crippen molar-refractivity contribution in [3.63, 3.8) is 0 Å². The van der Waals surface area contributed by atoms with Gasteiger partial charge in [-0.1, -0.05) is 0 Å². The van der Waals surface area contributed by atoms with Gasteiger partial charge in [0.2, 0.25) is 0 Å². The first-order chi connectivity index (χ1) is 14.3. The van der Waals surface area contributed by atoms with Crippen LogP contribution in [0.25, 0.3) is 56.0 Å². The molecule has 0 amide bonds. The molecule has 9 nitrogen and oxygen atoms in total. The molecule has 0 aliphatic carbocycles. The lowest BCUT2D eigenvalue weighted by atomic mass is 10.1. The first-order valence-corrected chi connectivity index (χ1v) is 8.97. The van der Waals surface area contributed by atoms with Gasteiger partial charge < -0.3 is 9.40 Å². The Morgan fingerprint density at radius 1 is 1.07 bits per heavy atom. The van der Waals surface area contributed by atoms with Crippen LogP contribution in [-0.4, -0.2) is 39.9 Å². The van der Waals surface area contributed by atoms with E-state index in [1.807, 2.05) is 37.6 Å². The number of hydrogen-bond acceptors (Lipinski definition) is 6. The molecule has 6 aromatic heterocycles. The first kappa shape index (κ1) is 15.8. The second-order valence-electron chi connectivity index (χ2n) is 6.75.